The summed E-state index contributed by atoms with van der Waals surface area (Å²) in [6.45, 7) is 5.32. The van der Waals surface area contributed by atoms with Crippen molar-refractivity contribution in [1.29, 1.82) is 0 Å². The fourth-order valence-electron chi connectivity index (χ4n) is 3.10. The number of likely N-dealkylation sites (N-methyl/N-ethyl adjacent to an activating group) is 1. The van der Waals surface area contributed by atoms with Gasteiger partial charge in [0.05, 0.1) is 30.8 Å². The highest BCUT2D eigenvalue weighted by Gasteiger charge is 2.26. The fourth-order valence-corrected chi connectivity index (χ4v) is 5.23. The third kappa shape index (κ3) is 7.41. The number of ether oxygens (including phenoxy) is 1. The van der Waals surface area contributed by atoms with Gasteiger partial charge in [-0.25, -0.2) is 13.4 Å². The molecule has 0 radical (unpaired) electrons. The summed E-state index contributed by atoms with van der Waals surface area (Å²) < 4.78 is 33.4. The standard InChI is InChI=1S/C21H32ClN5O3S2/c1-5-23-20(31)26(11-10-25(2)3)15-18-14-24-21(27(18)12-13-30-4)32(28,29)16-17-8-6-7-9-19(17)22/h6-9,14H,5,10-13,15-16H2,1-4H3,(H,23,31). The molecule has 11 heteroatoms. The minimum absolute atomic E-state index is 0.00592. The lowest BCUT2D eigenvalue weighted by molar-refractivity contribution is 0.182. The molecule has 178 valence electrons. The maximum absolute atomic E-state index is 13.2. The topological polar surface area (TPSA) is 79.7 Å². The van der Waals surface area contributed by atoms with E-state index in [0.717, 1.165) is 12.2 Å². The largest absolute Gasteiger partial charge is 0.383 e. The Morgan fingerprint density at radius 2 is 2.00 bits per heavy atom. The first-order valence-corrected chi connectivity index (χ1v) is 12.8. The van der Waals surface area contributed by atoms with Gasteiger partial charge in [-0.05, 0) is 44.9 Å². The molecular formula is C21H32ClN5O3S2. The Hall–Kier alpha value is -1.72. The van der Waals surface area contributed by atoms with Crippen LogP contribution in [0.2, 0.25) is 5.02 Å². The highest BCUT2D eigenvalue weighted by Crippen LogP contribution is 2.23. The van der Waals surface area contributed by atoms with Crippen LogP contribution in [0.15, 0.2) is 35.6 Å². The molecule has 0 unspecified atom stereocenters. The Morgan fingerprint density at radius 1 is 1.28 bits per heavy atom. The number of benzene rings is 1. The second kappa shape index (κ2) is 12.5. The first-order chi connectivity index (χ1) is 15.2. The van der Waals surface area contributed by atoms with Crippen LogP contribution in [0.3, 0.4) is 0 Å². The molecule has 0 atom stereocenters. The minimum Gasteiger partial charge on any atom is -0.383 e. The van der Waals surface area contributed by atoms with Gasteiger partial charge < -0.3 is 24.4 Å². The summed E-state index contributed by atoms with van der Waals surface area (Å²) >= 11 is 11.7. The van der Waals surface area contributed by atoms with Gasteiger partial charge in [0, 0.05) is 38.3 Å². The second-order valence-corrected chi connectivity index (χ2v) is 10.3. The molecule has 2 aromatic rings. The molecule has 1 N–H and O–H groups in total. The lowest BCUT2D eigenvalue weighted by atomic mass is 10.2. The molecule has 0 spiro atoms. The molecule has 0 aliphatic heterocycles. The van der Waals surface area contributed by atoms with Gasteiger partial charge in [0.25, 0.3) is 0 Å². The zero-order chi connectivity index (χ0) is 23.7. The highest BCUT2D eigenvalue weighted by atomic mass is 35.5. The molecule has 1 aromatic heterocycles. The SMILES string of the molecule is CCNC(=S)N(CCN(C)C)Cc1cnc(S(=O)(=O)Cc2ccccc2Cl)n1CCOC. The minimum atomic E-state index is -3.73. The number of aromatic nitrogens is 2. The van der Waals surface area contributed by atoms with Crippen molar-refractivity contribution in [1.82, 2.24) is 24.7 Å². The lowest BCUT2D eigenvalue weighted by Crippen LogP contribution is -2.42. The average molecular weight is 502 g/mol. The van der Waals surface area contributed by atoms with Crippen molar-refractivity contribution in [2.45, 2.75) is 30.9 Å². The van der Waals surface area contributed by atoms with Crippen LogP contribution < -0.4 is 5.32 Å². The highest BCUT2D eigenvalue weighted by molar-refractivity contribution is 7.90. The zero-order valence-corrected chi connectivity index (χ0v) is 21.4. The van der Waals surface area contributed by atoms with Crippen LogP contribution >= 0.6 is 23.8 Å². The fraction of sp³-hybridized carbons (Fsp3) is 0.524. The van der Waals surface area contributed by atoms with E-state index in [9.17, 15) is 8.42 Å². The molecule has 0 bridgehead atoms. The van der Waals surface area contributed by atoms with Gasteiger partial charge in [0.1, 0.15) is 0 Å². The third-order valence-corrected chi connectivity index (χ3v) is 7.13. The Balaban J connectivity index is 2.37. The van der Waals surface area contributed by atoms with Crippen LogP contribution in [-0.2, 0) is 33.4 Å². The van der Waals surface area contributed by atoms with Crippen molar-refractivity contribution < 1.29 is 13.2 Å². The van der Waals surface area contributed by atoms with E-state index >= 15 is 0 Å². The van der Waals surface area contributed by atoms with E-state index in [4.69, 9.17) is 28.6 Å². The van der Waals surface area contributed by atoms with E-state index in [0.29, 0.717) is 48.5 Å². The quantitative estimate of drug-likeness (QED) is 0.444. The monoisotopic (exact) mass is 501 g/mol. The predicted octanol–water partition coefficient (Wildman–Crippen LogP) is 2.41. The Morgan fingerprint density at radius 3 is 2.62 bits per heavy atom. The van der Waals surface area contributed by atoms with Crippen LogP contribution in [0.4, 0.5) is 0 Å². The summed E-state index contributed by atoms with van der Waals surface area (Å²) in [6, 6.07) is 6.93. The molecule has 2 rings (SSSR count). The van der Waals surface area contributed by atoms with Crippen LogP contribution in [0.1, 0.15) is 18.2 Å². The van der Waals surface area contributed by atoms with Crippen molar-refractivity contribution in [3.05, 3.63) is 46.7 Å². The van der Waals surface area contributed by atoms with Crippen molar-refractivity contribution in [2.24, 2.45) is 0 Å². The lowest BCUT2D eigenvalue weighted by Gasteiger charge is -2.27. The molecule has 32 heavy (non-hydrogen) atoms. The van der Waals surface area contributed by atoms with E-state index in [1.807, 2.05) is 25.9 Å². The summed E-state index contributed by atoms with van der Waals surface area (Å²) in [5.74, 6) is -0.226. The van der Waals surface area contributed by atoms with E-state index in [1.165, 1.54) is 0 Å². The third-order valence-electron chi connectivity index (χ3n) is 4.79. The van der Waals surface area contributed by atoms with E-state index in [1.54, 1.807) is 42.1 Å². The first kappa shape index (κ1) is 26.5. The summed E-state index contributed by atoms with van der Waals surface area (Å²) in [4.78, 5) is 8.39. The molecule has 0 aliphatic rings. The second-order valence-electron chi connectivity index (χ2n) is 7.59. The molecule has 0 saturated heterocycles. The summed E-state index contributed by atoms with van der Waals surface area (Å²) in [6.07, 6.45) is 1.60. The molecular weight excluding hydrogens is 470 g/mol. The maximum Gasteiger partial charge on any atom is 0.228 e. The number of nitrogens with one attached hydrogen (secondary N) is 1. The Labute approximate surface area is 201 Å². The van der Waals surface area contributed by atoms with Gasteiger partial charge in [-0.2, -0.15) is 0 Å². The average Bonchev–Trinajstić information content (AvgIpc) is 3.14. The van der Waals surface area contributed by atoms with Crippen LogP contribution in [0.5, 0.6) is 0 Å². The normalized spacial score (nSPS) is 11.7. The Kier molecular flexibility index (Phi) is 10.4. The van der Waals surface area contributed by atoms with Gasteiger partial charge >= 0.3 is 0 Å². The zero-order valence-electron chi connectivity index (χ0n) is 19.0. The number of sulfone groups is 1. The maximum atomic E-state index is 13.2. The molecule has 8 nitrogen and oxygen atoms in total. The van der Waals surface area contributed by atoms with Crippen molar-refractivity contribution in [3.63, 3.8) is 0 Å². The number of rotatable bonds is 12. The number of halogens is 1. The van der Waals surface area contributed by atoms with Gasteiger partial charge in [-0.3, -0.25) is 0 Å². The van der Waals surface area contributed by atoms with Crippen molar-refractivity contribution in [2.75, 3.05) is 47.4 Å². The predicted molar refractivity (Wildman–Crippen MR) is 132 cm³/mol. The van der Waals surface area contributed by atoms with Gasteiger partial charge in [-0.15, -0.1) is 0 Å². The number of hydrogen-bond acceptors (Lipinski definition) is 6. The van der Waals surface area contributed by atoms with E-state index in [2.05, 4.69) is 15.2 Å². The van der Waals surface area contributed by atoms with E-state index in [-0.39, 0.29) is 10.9 Å². The molecule has 0 amide bonds. The summed E-state index contributed by atoms with van der Waals surface area (Å²) in [5.41, 5.74) is 1.29. The van der Waals surface area contributed by atoms with E-state index < -0.39 is 9.84 Å². The first-order valence-electron chi connectivity index (χ1n) is 10.4. The number of nitrogens with zero attached hydrogens (tertiary/aromatic N) is 4. The number of hydrogen-bond donors (Lipinski definition) is 1. The molecule has 1 heterocycles. The Bertz CT molecular complexity index is 995. The molecule has 0 aliphatic carbocycles. The number of imidazole rings is 1. The number of thiocarbonyl (C=S) groups is 1. The number of methoxy groups -OCH3 is 1. The van der Waals surface area contributed by atoms with Gasteiger partial charge in [0.2, 0.25) is 15.0 Å². The van der Waals surface area contributed by atoms with Gasteiger partial charge in [-0.1, -0.05) is 29.8 Å². The van der Waals surface area contributed by atoms with Crippen molar-refractivity contribution >= 4 is 38.8 Å². The molecule has 1 aromatic carbocycles. The summed E-state index contributed by atoms with van der Waals surface area (Å²) in [5, 5.41) is 4.22. The van der Waals surface area contributed by atoms with Crippen LogP contribution in [0, 0.1) is 0 Å². The van der Waals surface area contributed by atoms with Gasteiger partial charge in [0.15, 0.2) is 5.11 Å². The molecule has 0 fully saturated rings. The van der Waals surface area contributed by atoms with Crippen LogP contribution in [-0.4, -0.2) is 80.3 Å². The molecule has 0 saturated carbocycles. The van der Waals surface area contributed by atoms with Crippen LogP contribution in [0.25, 0.3) is 0 Å². The smallest absolute Gasteiger partial charge is 0.228 e. The van der Waals surface area contributed by atoms with Crippen molar-refractivity contribution in [3.8, 4) is 0 Å². The summed E-state index contributed by atoms with van der Waals surface area (Å²) in [7, 11) is 1.84.